The summed E-state index contributed by atoms with van der Waals surface area (Å²) in [5.74, 6) is 0.728. The Morgan fingerprint density at radius 2 is 1.98 bits per heavy atom. The molecule has 0 unspecified atom stereocenters. The molecule has 1 saturated heterocycles. The Kier molecular flexibility index (Phi) is 6.66. The van der Waals surface area contributed by atoms with E-state index in [0.717, 1.165) is 28.7 Å². The Hall–Kier alpha value is -4.98. The Morgan fingerprint density at radius 3 is 2.87 bits per heavy atom. The molecule has 0 aliphatic carbocycles. The van der Waals surface area contributed by atoms with Crippen LogP contribution < -0.4 is 10.2 Å². The first-order chi connectivity index (χ1) is 21.9. The number of imidazole rings is 1. The van der Waals surface area contributed by atoms with Crippen LogP contribution in [0.25, 0.3) is 39.0 Å². The van der Waals surface area contributed by atoms with Crippen molar-refractivity contribution in [2.24, 2.45) is 0 Å². The molecule has 6 heterocycles. The third kappa shape index (κ3) is 4.76. The van der Waals surface area contributed by atoms with Crippen molar-refractivity contribution in [2.45, 2.75) is 31.5 Å². The lowest BCUT2D eigenvalue weighted by Gasteiger charge is -2.29. The van der Waals surface area contributed by atoms with Gasteiger partial charge in [0.05, 0.1) is 40.3 Å². The van der Waals surface area contributed by atoms with E-state index in [2.05, 4.69) is 56.9 Å². The summed E-state index contributed by atoms with van der Waals surface area (Å²) in [5.41, 5.74) is 4.88. The molecule has 14 heteroatoms. The van der Waals surface area contributed by atoms with E-state index in [1.807, 2.05) is 36.5 Å². The first-order valence-electron chi connectivity index (χ1n) is 14.6. The standard InChI is InChI=1S/C31H27BrFN11O/c1-41-10-3-11-42-17-37-24-5-2-4-20(27(24)42)23-8-9-34-31(40-23)39-19-13-26(30(41)45)43(15-19)28-21-14-38-44(29(21)36-16-35-28)25-7-6-18(33)12-22(25)32/h2,4-9,12,14,16-17,19,26H,3,10-11,13,15H2,1H3,(H,34,39,40)/t19-,26-/m0/s1. The minimum Gasteiger partial charge on any atom is -0.350 e. The van der Waals surface area contributed by atoms with Crippen LogP contribution in [0.5, 0.6) is 0 Å². The molecule has 2 atom stereocenters. The number of anilines is 2. The molecule has 4 bridgehead atoms. The number of nitrogens with zero attached hydrogens (tertiary/aromatic N) is 10. The second-order valence-corrected chi connectivity index (χ2v) is 12.2. The summed E-state index contributed by atoms with van der Waals surface area (Å²) < 4.78 is 18.1. The summed E-state index contributed by atoms with van der Waals surface area (Å²) in [4.78, 5) is 41.1. The predicted molar refractivity (Wildman–Crippen MR) is 170 cm³/mol. The summed E-state index contributed by atoms with van der Waals surface area (Å²) in [7, 11) is 1.85. The molecule has 45 heavy (non-hydrogen) atoms. The minimum atomic E-state index is -0.489. The van der Waals surface area contributed by atoms with Crippen LogP contribution in [0.4, 0.5) is 16.2 Å². The third-order valence-corrected chi connectivity index (χ3v) is 9.15. The average molecular weight is 669 g/mol. The van der Waals surface area contributed by atoms with Crippen molar-refractivity contribution < 1.29 is 9.18 Å². The minimum absolute atomic E-state index is 0.000419. The second-order valence-electron chi connectivity index (χ2n) is 11.3. The van der Waals surface area contributed by atoms with Crippen molar-refractivity contribution >= 4 is 55.7 Å². The van der Waals surface area contributed by atoms with E-state index in [1.165, 1.54) is 18.5 Å². The Morgan fingerprint density at radius 1 is 1.07 bits per heavy atom. The largest absolute Gasteiger partial charge is 0.350 e. The monoisotopic (exact) mass is 667 g/mol. The van der Waals surface area contributed by atoms with E-state index in [9.17, 15) is 9.18 Å². The Labute approximate surface area is 265 Å². The van der Waals surface area contributed by atoms with Gasteiger partial charge in [0.25, 0.3) is 0 Å². The first kappa shape index (κ1) is 27.6. The lowest BCUT2D eigenvalue weighted by molar-refractivity contribution is -0.131. The van der Waals surface area contributed by atoms with E-state index in [4.69, 9.17) is 4.98 Å². The van der Waals surface area contributed by atoms with Crippen molar-refractivity contribution in [3.63, 3.8) is 0 Å². The van der Waals surface area contributed by atoms with Gasteiger partial charge in [-0.05, 0) is 59.1 Å². The number of aromatic nitrogens is 8. The highest BCUT2D eigenvalue weighted by Gasteiger charge is 2.40. The summed E-state index contributed by atoms with van der Waals surface area (Å²) in [5, 5.41) is 8.75. The number of hydrogen-bond acceptors (Lipinski definition) is 9. The quantitative estimate of drug-likeness (QED) is 0.285. The van der Waals surface area contributed by atoms with Crippen molar-refractivity contribution in [1.82, 2.24) is 44.2 Å². The lowest BCUT2D eigenvalue weighted by Crippen LogP contribution is -2.45. The molecule has 1 N–H and O–H groups in total. The molecule has 0 radical (unpaired) electrons. The van der Waals surface area contributed by atoms with Crippen molar-refractivity contribution in [3.05, 3.63) is 77.8 Å². The van der Waals surface area contributed by atoms with Crippen LogP contribution in [0, 0.1) is 5.82 Å². The smallest absolute Gasteiger partial charge is 0.245 e. The van der Waals surface area contributed by atoms with Crippen LogP contribution in [0.3, 0.4) is 0 Å². The highest BCUT2D eigenvalue weighted by Crippen LogP contribution is 2.34. The van der Waals surface area contributed by atoms with Crippen molar-refractivity contribution in [3.8, 4) is 16.9 Å². The average Bonchev–Trinajstić information content (AvgIpc) is 3.78. The number of carbonyl (C=O) groups is 1. The van der Waals surface area contributed by atoms with E-state index < -0.39 is 6.04 Å². The zero-order chi connectivity index (χ0) is 30.7. The first-order valence-corrected chi connectivity index (χ1v) is 15.4. The number of hydrogen-bond donors (Lipinski definition) is 1. The summed E-state index contributed by atoms with van der Waals surface area (Å²) >= 11 is 3.44. The van der Waals surface area contributed by atoms with E-state index in [1.54, 1.807) is 28.0 Å². The summed E-state index contributed by atoms with van der Waals surface area (Å²) in [6.07, 6.45) is 8.04. The van der Waals surface area contributed by atoms with Crippen LogP contribution in [0.15, 0.2) is 72.0 Å². The molecule has 6 aromatic rings. The van der Waals surface area contributed by atoms with Gasteiger partial charge in [0.15, 0.2) is 5.65 Å². The van der Waals surface area contributed by atoms with Gasteiger partial charge < -0.3 is 19.7 Å². The van der Waals surface area contributed by atoms with Crippen molar-refractivity contribution in [2.75, 3.05) is 30.4 Å². The number of carbonyl (C=O) groups excluding carboxylic acids is 1. The molecule has 2 aliphatic rings. The van der Waals surface area contributed by atoms with Gasteiger partial charge in [-0.3, -0.25) is 4.79 Å². The number of amides is 1. The number of halogens is 2. The van der Waals surface area contributed by atoms with Crippen LogP contribution in [0.2, 0.25) is 0 Å². The molecule has 4 aromatic heterocycles. The molecule has 2 aliphatic heterocycles. The number of benzene rings is 2. The van der Waals surface area contributed by atoms with E-state index in [0.29, 0.717) is 59.0 Å². The SMILES string of the molecule is CN1CCCn2cnc3cccc(c32)-c2ccnc(n2)N[C@H]2C[C@@H](C1=O)N(c1ncnc3c1cnn3-c1ccc(F)cc1Br)C2. The zero-order valence-corrected chi connectivity index (χ0v) is 25.8. The topological polar surface area (TPSA) is 123 Å². The molecule has 226 valence electrons. The summed E-state index contributed by atoms with van der Waals surface area (Å²) in [6, 6.07) is 11.7. The molecule has 1 amide bonds. The number of aryl methyl sites for hydroxylation is 1. The highest BCUT2D eigenvalue weighted by molar-refractivity contribution is 9.10. The number of para-hydroxylation sites is 1. The summed E-state index contributed by atoms with van der Waals surface area (Å²) in [6.45, 7) is 1.76. The molecule has 0 saturated carbocycles. The normalized spacial score (nSPS) is 18.7. The van der Waals surface area contributed by atoms with Crippen LogP contribution in [-0.4, -0.2) is 82.3 Å². The van der Waals surface area contributed by atoms with Crippen molar-refractivity contribution in [1.29, 1.82) is 0 Å². The van der Waals surface area contributed by atoms with Gasteiger partial charge in [-0.25, -0.2) is 34.0 Å². The predicted octanol–water partition coefficient (Wildman–Crippen LogP) is 4.45. The third-order valence-electron chi connectivity index (χ3n) is 8.51. The van der Waals surface area contributed by atoms with E-state index >= 15 is 0 Å². The molecule has 12 nitrogen and oxygen atoms in total. The maximum Gasteiger partial charge on any atom is 0.245 e. The van der Waals surface area contributed by atoms with Gasteiger partial charge in [-0.2, -0.15) is 5.10 Å². The molecule has 1 fully saturated rings. The van der Waals surface area contributed by atoms with Crippen LogP contribution >= 0.6 is 15.9 Å². The molecule has 8 rings (SSSR count). The van der Waals surface area contributed by atoms with Gasteiger partial charge in [0.1, 0.15) is 24.0 Å². The van der Waals surface area contributed by atoms with Crippen LogP contribution in [0.1, 0.15) is 12.8 Å². The second kappa shape index (κ2) is 10.9. The lowest BCUT2D eigenvalue weighted by atomic mass is 10.1. The zero-order valence-electron chi connectivity index (χ0n) is 24.2. The van der Waals surface area contributed by atoms with Gasteiger partial charge >= 0.3 is 0 Å². The maximum absolute atomic E-state index is 14.1. The molecule has 2 aromatic carbocycles. The molecular formula is C31H27BrFN11O. The Bertz CT molecular complexity index is 2100. The maximum atomic E-state index is 14.1. The number of fused-ring (bicyclic) bond motifs is 6. The molecular weight excluding hydrogens is 641 g/mol. The fourth-order valence-corrected chi connectivity index (χ4v) is 6.92. The highest BCUT2D eigenvalue weighted by atomic mass is 79.9. The van der Waals surface area contributed by atoms with Gasteiger partial charge in [0.2, 0.25) is 11.9 Å². The fourth-order valence-electron chi connectivity index (χ4n) is 6.41. The van der Waals surface area contributed by atoms with E-state index in [-0.39, 0.29) is 17.8 Å². The van der Waals surface area contributed by atoms with Gasteiger partial charge in [0, 0.05) is 49.0 Å². The molecule has 0 spiro atoms. The van der Waals surface area contributed by atoms with Gasteiger partial charge in [-0.1, -0.05) is 12.1 Å². The van der Waals surface area contributed by atoms with Gasteiger partial charge in [-0.15, -0.1) is 0 Å². The number of nitrogens with one attached hydrogen (secondary N) is 1. The fraction of sp³-hybridized carbons (Fsp3) is 0.258. The Balaban J connectivity index is 1.19. The van der Waals surface area contributed by atoms with Crippen LogP contribution in [-0.2, 0) is 11.3 Å². The number of rotatable bonds is 2. The number of likely N-dealkylation sites (N-methyl/N-ethyl adjacent to an activating group) is 1.